The van der Waals surface area contributed by atoms with Gasteiger partial charge in [-0.1, -0.05) is 41.9 Å². The van der Waals surface area contributed by atoms with Crippen LogP contribution < -0.4 is 10.2 Å². The molecule has 0 aliphatic carbocycles. The number of para-hydroxylation sites is 2. The highest BCUT2D eigenvalue weighted by Gasteiger charge is 2.38. The first-order valence-electron chi connectivity index (χ1n) is 9.46. The van der Waals surface area contributed by atoms with Gasteiger partial charge >= 0.3 is 0 Å². The molecular weight excluding hydrogens is 414 g/mol. The highest BCUT2D eigenvalue weighted by Crippen LogP contribution is 2.33. The fraction of sp³-hybridized carbons (Fsp3) is 0. The highest BCUT2D eigenvalue weighted by atomic mass is 35.5. The van der Waals surface area contributed by atoms with E-state index >= 15 is 0 Å². The minimum atomic E-state index is -0.518. The molecule has 0 saturated heterocycles. The van der Waals surface area contributed by atoms with Crippen LogP contribution in [-0.4, -0.2) is 22.7 Å². The van der Waals surface area contributed by atoms with Crippen LogP contribution >= 0.6 is 11.6 Å². The molecule has 0 atom stereocenters. The second-order valence-corrected chi connectivity index (χ2v) is 7.44. The summed E-state index contributed by atoms with van der Waals surface area (Å²) in [5, 5.41) is 3.97. The van der Waals surface area contributed by atoms with Crippen molar-refractivity contribution in [3.05, 3.63) is 101 Å². The number of nitrogens with one attached hydrogen (secondary N) is 1. The van der Waals surface area contributed by atoms with Gasteiger partial charge in [0.15, 0.2) is 0 Å². The van der Waals surface area contributed by atoms with Gasteiger partial charge in [-0.2, -0.15) is 0 Å². The lowest BCUT2D eigenvalue weighted by Gasteiger charge is -2.15. The van der Waals surface area contributed by atoms with E-state index in [9.17, 15) is 14.4 Å². The molecule has 0 spiro atoms. The minimum absolute atomic E-state index is 0.161. The molecule has 1 aromatic heterocycles. The van der Waals surface area contributed by atoms with Crippen molar-refractivity contribution in [2.45, 2.75) is 0 Å². The van der Waals surface area contributed by atoms with Crippen LogP contribution in [0.4, 0.5) is 11.4 Å². The molecule has 6 nitrogen and oxygen atoms in total. The molecule has 5 rings (SSSR count). The average Bonchev–Trinajstić information content (AvgIpc) is 3.03. The number of rotatable bonds is 3. The maximum atomic E-state index is 12.9. The van der Waals surface area contributed by atoms with E-state index in [1.165, 1.54) is 18.2 Å². The summed E-state index contributed by atoms with van der Waals surface area (Å²) < 4.78 is 0. The van der Waals surface area contributed by atoms with Gasteiger partial charge in [0.2, 0.25) is 0 Å². The summed E-state index contributed by atoms with van der Waals surface area (Å²) in [5.41, 5.74) is 2.31. The number of benzene rings is 3. The van der Waals surface area contributed by atoms with E-state index in [1.807, 2.05) is 30.3 Å². The summed E-state index contributed by atoms with van der Waals surface area (Å²) in [6.45, 7) is 0. The van der Waals surface area contributed by atoms with Crippen LogP contribution in [0.1, 0.15) is 31.1 Å². The Bertz CT molecular complexity index is 1400. The second-order valence-electron chi connectivity index (χ2n) is 7.03. The molecule has 0 saturated carbocycles. The predicted molar refractivity (Wildman–Crippen MR) is 119 cm³/mol. The first kappa shape index (κ1) is 19.0. The maximum Gasteiger partial charge on any atom is 0.266 e. The Morgan fingerprint density at radius 3 is 2.45 bits per heavy atom. The third kappa shape index (κ3) is 3.23. The van der Waals surface area contributed by atoms with Crippen molar-refractivity contribution >= 4 is 51.6 Å². The van der Waals surface area contributed by atoms with Gasteiger partial charge in [-0.3, -0.25) is 19.4 Å². The van der Waals surface area contributed by atoms with Gasteiger partial charge in [-0.15, -0.1) is 0 Å². The maximum absolute atomic E-state index is 12.9. The van der Waals surface area contributed by atoms with E-state index in [4.69, 9.17) is 11.6 Å². The Hall–Kier alpha value is -4.03. The molecule has 31 heavy (non-hydrogen) atoms. The van der Waals surface area contributed by atoms with Gasteiger partial charge in [0.25, 0.3) is 17.7 Å². The zero-order valence-electron chi connectivity index (χ0n) is 16.0. The number of amides is 3. The number of anilines is 2. The Morgan fingerprint density at radius 2 is 1.61 bits per heavy atom. The van der Waals surface area contributed by atoms with Crippen LogP contribution in [-0.2, 0) is 0 Å². The normalized spacial score (nSPS) is 12.9. The van der Waals surface area contributed by atoms with Crippen LogP contribution in [0.25, 0.3) is 10.9 Å². The Kier molecular flexibility index (Phi) is 4.49. The number of halogens is 1. The fourth-order valence-corrected chi connectivity index (χ4v) is 3.80. The summed E-state index contributed by atoms with van der Waals surface area (Å²) in [6.07, 6.45) is 1.57. The molecule has 3 amide bonds. The summed E-state index contributed by atoms with van der Waals surface area (Å²) in [6, 6.07) is 20.4. The zero-order chi connectivity index (χ0) is 21.5. The van der Waals surface area contributed by atoms with Crippen molar-refractivity contribution in [1.29, 1.82) is 0 Å². The lowest BCUT2D eigenvalue weighted by molar-refractivity contribution is 0.0925. The van der Waals surface area contributed by atoms with Crippen LogP contribution in [0.2, 0.25) is 5.02 Å². The molecule has 3 aromatic carbocycles. The molecule has 150 valence electrons. The second kappa shape index (κ2) is 7.34. The third-order valence-electron chi connectivity index (χ3n) is 5.09. The van der Waals surface area contributed by atoms with Crippen molar-refractivity contribution in [2.24, 2.45) is 0 Å². The lowest BCUT2D eigenvalue weighted by atomic mass is 10.1. The van der Waals surface area contributed by atoms with Crippen LogP contribution in [0, 0.1) is 0 Å². The van der Waals surface area contributed by atoms with Crippen molar-refractivity contribution in [3.63, 3.8) is 0 Å². The summed E-state index contributed by atoms with van der Waals surface area (Å²) in [4.78, 5) is 43.9. The number of pyridine rings is 1. The van der Waals surface area contributed by atoms with Crippen LogP contribution in [0.3, 0.4) is 0 Å². The zero-order valence-corrected chi connectivity index (χ0v) is 16.8. The summed E-state index contributed by atoms with van der Waals surface area (Å²) in [7, 11) is 0. The van der Waals surface area contributed by atoms with E-state index in [-0.39, 0.29) is 16.7 Å². The van der Waals surface area contributed by atoms with E-state index in [0.717, 1.165) is 15.8 Å². The van der Waals surface area contributed by atoms with Gasteiger partial charge in [-0.25, -0.2) is 4.90 Å². The van der Waals surface area contributed by atoms with Gasteiger partial charge < -0.3 is 5.32 Å². The first-order valence-corrected chi connectivity index (χ1v) is 9.84. The van der Waals surface area contributed by atoms with Crippen molar-refractivity contribution in [1.82, 2.24) is 4.98 Å². The van der Waals surface area contributed by atoms with Gasteiger partial charge in [0, 0.05) is 10.9 Å². The largest absolute Gasteiger partial charge is 0.321 e. The lowest BCUT2D eigenvalue weighted by Crippen LogP contribution is -2.29. The van der Waals surface area contributed by atoms with Crippen LogP contribution in [0.15, 0.2) is 79.0 Å². The number of carbonyl (C=O) groups excluding carboxylic acids is 3. The van der Waals surface area contributed by atoms with Gasteiger partial charge in [-0.05, 0) is 42.5 Å². The SMILES string of the molecule is O=C(Nc1cnc2ccccc2c1)c1ccc2c(c1)C(=O)N(c1ccccc1Cl)C2=O. The minimum Gasteiger partial charge on any atom is -0.321 e. The first-order chi connectivity index (χ1) is 15.0. The molecule has 1 N–H and O–H groups in total. The predicted octanol–water partition coefficient (Wildman–Crippen LogP) is 4.94. The fourth-order valence-electron chi connectivity index (χ4n) is 3.58. The topological polar surface area (TPSA) is 79.4 Å². The van der Waals surface area contributed by atoms with Gasteiger partial charge in [0.1, 0.15) is 0 Å². The Morgan fingerprint density at radius 1 is 0.871 bits per heavy atom. The molecule has 0 unspecified atom stereocenters. The molecule has 2 heterocycles. The van der Waals surface area contributed by atoms with Gasteiger partial charge in [0.05, 0.1) is 39.2 Å². The summed E-state index contributed by atoms with van der Waals surface area (Å²) in [5.74, 6) is -1.40. The Balaban J connectivity index is 1.44. The van der Waals surface area contributed by atoms with Crippen molar-refractivity contribution in [2.75, 3.05) is 10.2 Å². The smallest absolute Gasteiger partial charge is 0.266 e. The molecule has 0 fully saturated rings. The highest BCUT2D eigenvalue weighted by molar-refractivity contribution is 6.40. The number of hydrogen-bond donors (Lipinski definition) is 1. The average molecular weight is 428 g/mol. The monoisotopic (exact) mass is 427 g/mol. The number of hydrogen-bond acceptors (Lipinski definition) is 4. The Labute approximate surface area is 182 Å². The quantitative estimate of drug-likeness (QED) is 0.469. The molecule has 0 radical (unpaired) electrons. The molecule has 0 bridgehead atoms. The summed E-state index contributed by atoms with van der Waals surface area (Å²) >= 11 is 6.18. The number of fused-ring (bicyclic) bond motifs is 2. The molecule has 1 aliphatic rings. The number of imide groups is 1. The van der Waals surface area contributed by atoms with Crippen molar-refractivity contribution < 1.29 is 14.4 Å². The van der Waals surface area contributed by atoms with Crippen molar-refractivity contribution in [3.8, 4) is 0 Å². The number of nitrogens with zero attached hydrogens (tertiary/aromatic N) is 2. The molecular formula is C24H14ClN3O3. The molecule has 1 aliphatic heterocycles. The number of carbonyl (C=O) groups is 3. The standard InChI is InChI=1S/C24H14ClN3O3/c25-19-6-2-4-8-21(19)28-23(30)17-10-9-15(12-18(17)24(28)31)22(29)27-16-11-14-5-1-3-7-20(14)26-13-16/h1-13H,(H,27,29). The van der Waals surface area contributed by atoms with E-state index in [1.54, 1.807) is 30.5 Å². The number of aromatic nitrogens is 1. The third-order valence-corrected chi connectivity index (χ3v) is 5.41. The molecule has 7 heteroatoms. The molecule has 4 aromatic rings. The van der Waals surface area contributed by atoms with Crippen LogP contribution in [0.5, 0.6) is 0 Å². The van der Waals surface area contributed by atoms with E-state index < -0.39 is 17.7 Å². The van der Waals surface area contributed by atoms with E-state index in [0.29, 0.717) is 16.4 Å². The van der Waals surface area contributed by atoms with E-state index in [2.05, 4.69) is 10.3 Å².